The van der Waals surface area contributed by atoms with E-state index < -0.39 is 10.4 Å². The number of hydrogen-bond acceptors (Lipinski definition) is 2. The zero-order chi connectivity index (χ0) is 4.50. The van der Waals surface area contributed by atoms with Gasteiger partial charge in [-0.25, -0.2) is 0 Å². The topological polar surface area (TPSA) is 642 Å². The molecule has 0 aromatic heterocycles. The molecule has 24 heavy (non-hydrogen) atoms. The summed E-state index contributed by atoms with van der Waals surface area (Å²) in [5, 5.41) is 0. The molecular formula is H38CrO22S. The van der Waals surface area contributed by atoms with Crippen LogP contribution in [-0.2, 0) is 27.8 Å². The van der Waals surface area contributed by atoms with Crippen molar-refractivity contribution in [2.24, 2.45) is 0 Å². The normalized spacial score (nSPS) is 2.42. The van der Waals surface area contributed by atoms with Crippen molar-refractivity contribution >= 4 is 10.4 Å². The third-order valence-corrected chi connectivity index (χ3v) is 0. The Morgan fingerprint density at radius 3 is 0.333 bits per heavy atom. The smallest absolute Gasteiger partial charge is 0.394 e. The van der Waals surface area contributed by atoms with E-state index in [1.165, 1.54) is 0 Å². The molecule has 0 radical (unpaired) electrons. The van der Waals surface area contributed by atoms with E-state index in [0.717, 1.165) is 0 Å². The van der Waals surface area contributed by atoms with Gasteiger partial charge in [-0.2, -0.15) is 8.42 Å². The molecule has 0 unspecified atom stereocenters. The Labute approximate surface area is 145 Å². The predicted molar refractivity (Wildman–Crippen MR) is 79.2 cm³/mol. The minimum absolute atomic E-state index is 0. The Kier molecular flexibility index (Phi) is 12400. The Morgan fingerprint density at radius 1 is 0.333 bits per heavy atom. The van der Waals surface area contributed by atoms with Gasteiger partial charge in [0.05, 0.1) is 0 Å². The average molecular weight is 474 g/mol. The van der Waals surface area contributed by atoms with Gasteiger partial charge >= 0.3 is 10.4 Å². The summed E-state index contributed by atoms with van der Waals surface area (Å²) in [5.41, 5.74) is 0. The van der Waals surface area contributed by atoms with E-state index in [1.807, 2.05) is 0 Å². The van der Waals surface area contributed by atoms with Crippen LogP contribution in [0.1, 0.15) is 0 Å². The Balaban J connectivity index is -0.000000000468. The maximum absolute atomic E-state index is 8.74. The fraction of sp³-hybridized carbons (Fsp3) is 0. The molecule has 0 saturated heterocycles. The first-order valence-corrected chi connectivity index (χ1v) is 2.10. The van der Waals surface area contributed by atoms with Gasteiger partial charge in [0, 0.05) is 17.4 Å². The van der Waals surface area contributed by atoms with Crippen molar-refractivity contribution in [1.29, 1.82) is 0 Å². The Hall–Kier alpha value is -0.318. The van der Waals surface area contributed by atoms with Crippen LogP contribution in [0, 0.1) is 0 Å². The van der Waals surface area contributed by atoms with Crippen molar-refractivity contribution < 1.29 is 133 Å². The molecule has 0 amide bonds. The van der Waals surface area contributed by atoms with Crippen molar-refractivity contribution in [2.75, 3.05) is 0 Å². The fourth-order valence-corrected chi connectivity index (χ4v) is 0. The first-order chi connectivity index (χ1) is 2.00. The molecule has 38 N–H and O–H groups in total. The number of rotatable bonds is 0. The van der Waals surface area contributed by atoms with Crippen LogP contribution >= 0.6 is 0 Å². The van der Waals surface area contributed by atoms with Crippen LogP contribution in [0.15, 0.2) is 0 Å². The molecule has 0 aromatic rings. The average Bonchev–Trinajstić information content (AvgIpc) is 0.722. The first-order valence-electron chi connectivity index (χ1n) is 0.698. The third-order valence-electron chi connectivity index (χ3n) is 0. The van der Waals surface area contributed by atoms with Gasteiger partial charge in [0.25, 0.3) is 0 Å². The molecule has 182 valence electrons. The van der Waals surface area contributed by atoms with Crippen LogP contribution < -0.4 is 0 Å². The summed E-state index contributed by atoms with van der Waals surface area (Å²) in [6.45, 7) is 0. The van der Waals surface area contributed by atoms with Gasteiger partial charge in [-0.15, -0.1) is 0 Å². The molecule has 0 fully saturated rings. The summed E-state index contributed by atoms with van der Waals surface area (Å²) in [6, 6.07) is 0. The molecule has 24 heteroatoms. The van der Waals surface area contributed by atoms with Gasteiger partial charge in [-0.05, 0) is 0 Å². The van der Waals surface area contributed by atoms with Gasteiger partial charge in [0.15, 0.2) is 0 Å². The van der Waals surface area contributed by atoms with Crippen molar-refractivity contribution in [1.82, 2.24) is 0 Å². The molecule has 0 bridgehead atoms. The SMILES string of the molecule is O.O.O.O.O.O.O.O.O.O.O.O.O.O.O.O.O.O.O=S(=O)(O)O.[Cr]. The molecule has 22 nitrogen and oxygen atoms in total. The van der Waals surface area contributed by atoms with E-state index >= 15 is 0 Å². The van der Waals surface area contributed by atoms with E-state index in [2.05, 4.69) is 0 Å². The van der Waals surface area contributed by atoms with E-state index in [9.17, 15) is 0 Å². The van der Waals surface area contributed by atoms with Crippen molar-refractivity contribution in [2.45, 2.75) is 0 Å². The predicted octanol–water partition coefficient (Wildman–Crippen LogP) is -15.5. The second-order valence-electron chi connectivity index (χ2n) is 0.448. The summed E-state index contributed by atoms with van der Waals surface area (Å²) in [7, 11) is -4.67. The maximum Gasteiger partial charge on any atom is 0.394 e. The molecule has 0 aromatic carbocycles. The van der Waals surface area contributed by atoms with Gasteiger partial charge in [0.1, 0.15) is 0 Å². The zero-order valence-corrected chi connectivity index (χ0v) is 13.6. The Morgan fingerprint density at radius 2 is 0.333 bits per heavy atom. The van der Waals surface area contributed by atoms with Gasteiger partial charge in [-0.1, -0.05) is 0 Å². The van der Waals surface area contributed by atoms with Crippen LogP contribution in [0.3, 0.4) is 0 Å². The van der Waals surface area contributed by atoms with E-state index in [1.54, 1.807) is 0 Å². The van der Waals surface area contributed by atoms with Crippen LogP contribution in [0.2, 0.25) is 0 Å². The third kappa shape index (κ3) is 92000. The molecule has 0 heterocycles. The molecule has 0 aliphatic carbocycles. The monoisotopic (exact) mass is 474 g/mol. The minimum Gasteiger partial charge on any atom is -0.412 e. The molecule has 0 aliphatic rings. The summed E-state index contributed by atoms with van der Waals surface area (Å²) in [6.07, 6.45) is 0. The minimum atomic E-state index is -4.67. The fourth-order valence-electron chi connectivity index (χ4n) is 0. The zero-order valence-electron chi connectivity index (χ0n) is 11.5. The molecule has 0 aliphatic heterocycles. The molecule has 0 rings (SSSR count). The van der Waals surface area contributed by atoms with Crippen LogP contribution in [0.25, 0.3) is 0 Å². The summed E-state index contributed by atoms with van der Waals surface area (Å²) in [5.74, 6) is 0. The summed E-state index contributed by atoms with van der Waals surface area (Å²) < 4.78 is 31.6. The first kappa shape index (κ1) is 899. The van der Waals surface area contributed by atoms with Gasteiger partial charge < -0.3 is 98.6 Å². The number of hydrogen-bond donors (Lipinski definition) is 2. The largest absolute Gasteiger partial charge is 0.412 e. The van der Waals surface area contributed by atoms with Gasteiger partial charge in [-0.3, -0.25) is 9.11 Å². The molecular weight excluding hydrogens is 436 g/mol. The molecule has 0 atom stereocenters. The van der Waals surface area contributed by atoms with Crippen molar-refractivity contribution in [3.8, 4) is 0 Å². The van der Waals surface area contributed by atoms with Crippen molar-refractivity contribution in [3.05, 3.63) is 0 Å². The Bertz CT molecular complexity index is 95.1. The summed E-state index contributed by atoms with van der Waals surface area (Å²) in [4.78, 5) is 0. The second-order valence-corrected chi connectivity index (χ2v) is 1.34. The van der Waals surface area contributed by atoms with Crippen LogP contribution in [0.5, 0.6) is 0 Å². The maximum atomic E-state index is 8.74. The van der Waals surface area contributed by atoms with Crippen LogP contribution in [-0.4, -0.2) is 116 Å². The van der Waals surface area contributed by atoms with E-state index in [-0.39, 0.29) is 116 Å². The molecule has 0 saturated carbocycles. The summed E-state index contributed by atoms with van der Waals surface area (Å²) >= 11 is 0. The second kappa shape index (κ2) is 330. The quantitative estimate of drug-likeness (QED) is 0.322. The van der Waals surface area contributed by atoms with E-state index in [4.69, 9.17) is 17.5 Å². The van der Waals surface area contributed by atoms with Crippen molar-refractivity contribution in [3.63, 3.8) is 0 Å². The van der Waals surface area contributed by atoms with E-state index in [0.29, 0.717) is 0 Å². The van der Waals surface area contributed by atoms with Crippen LogP contribution in [0.4, 0.5) is 0 Å². The molecule has 0 spiro atoms. The van der Waals surface area contributed by atoms with Gasteiger partial charge in [0.2, 0.25) is 0 Å². The standard InChI is InChI=1S/Cr.H2O4S.18H2O/c;1-5(2,3)4;;;;;;;;;;;;;;;;;;/h;(H2,1,2,3,4);18*1H2.